The summed E-state index contributed by atoms with van der Waals surface area (Å²) in [6.45, 7) is 1.29. The van der Waals surface area contributed by atoms with Crippen LogP contribution >= 0.6 is 11.6 Å². The summed E-state index contributed by atoms with van der Waals surface area (Å²) in [6, 6.07) is 12.0. The maximum absolute atomic E-state index is 12.7. The molecule has 8 nitrogen and oxygen atoms in total. The maximum Gasteiger partial charge on any atom is 0.253 e. The van der Waals surface area contributed by atoms with E-state index < -0.39 is 0 Å². The largest absolute Gasteiger partial charge is 0.376 e. The van der Waals surface area contributed by atoms with Crippen molar-refractivity contribution in [2.24, 2.45) is 0 Å². The molecule has 0 bridgehead atoms. The highest BCUT2D eigenvalue weighted by Gasteiger charge is 2.19. The number of anilines is 2. The average molecular weight is 513 g/mol. The van der Waals surface area contributed by atoms with E-state index in [9.17, 15) is 14.4 Å². The lowest BCUT2D eigenvalue weighted by Gasteiger charge is -2.23. The van der Waals surface area contributed by atoms with Gasteiger partial charge < -0.3 is 26.0 Å². The van der Waals surface area contributed by atoms with Crippen molar-refractivity contribution < 1.29 is 19.1 Å². The second-order valence-electron chi connectivity index (χ2n) is 9.33. The molecular weight excluding hydrogens is 480 g/mol. The first-order chi connectivity index (χ1) is 17.5. The molecule has 2 aromatic carbocycles. The molecule has 2 fully saturated rings. The molecule has 36 heavy (non-hydrogen) atoms. The number of benzene rings is 2. The van der Waals surface area contributed by atoms with Crippen LogP contribution < -0.4 is 21.3 Å². The number of ether oxygens (including phenoxy) is 1. The zero-order valence-electron chi connectivity index (χ0n) is 20.3. The normalized spacial score (nSPS) is 17.9. The van der Waals surface area contributed by atoms with E-state index in [-0.39, 0.29) is 36.4 Å². The number of nitrogens with one attached hydrogen (secondary N) is 4. The Kier molecular flexibility index (Phi) is 9.19. The Balaban J connectivity index is 1.24. The van der Waals surface area contributed by atoms with Crippen LogP contribution in [0, 0.1) is 0 Å². The van der Waals surface area contributed by atoms with E-state index in [1.165, 1.54) is 6.42 Å². The lowest BCUT2D eigenvalue weighted by Crippen LogP contribution is -2.36. The minimum Gasteiger partial charge on any atom is -0.376 e. The molecule has 4 rings (SSSR count). The Bertz CT molecular complexity index is 1060. The minimum atomic E-state index is -0.269. The van der Waals surface area contributed by atoms with E-state index in [0.717, 1.165) is 45.1 Å². The highest BCUT2D eigenvalue weighted by molar-refractivity contribution is 6.34. The highest BCUT2D eigenvalue weighted by atomic mass is 35.5. The lowest BCUT2D eigenvalue weighted by atomic mass is 9.95. The van der Waals surface area contributed by atoms with Gasteiger partial charge in [0.15, 0.2) is 0 Å². The van der Waals surface area contributed by atoms with Gasteiger partial charge in [-0.1, -0.05) is 30.9 Å². The first kappa shape index (κ1) is 26.0. The molecule has 1 saturated carbocycles. The van der Waals surface area contributed by atoms with Crippen molar-refractivity contribution >= 4 is 40.7 Å². The molecule has 1 saturated heterocycles. The Morgan fingerprint density at radius 2 is 1.64 bits per heavy atom. The highest BCUT2D eigenvalue weighted by Crippen LogP contribution is 2.23. The molecule has 1 aliphatic carbocycles. The van der Waals surface area contributed by atoms with Gasteiger partial charge in [0.1, 0.15) is 0 Å². The molecule has 9 heteroatoms. The number of hydrogen-bond acceptors (Lipinski definition) is 5. The van der Waals surface area contributed by atoms with Crippen molar-refractivity contribution in [2.75, 3.05) is 30.3 Å². The van der Waals surface area contributed by atoms with Crippen LogP contribution in [-0.2, 0) is 9.53 Å². The summed E-state index contributed by atoms with van der Waals surface area (Å²) in [5.41, 5.74) is 2.10. The predicted octanol–water partition coefficient (Wildman–Crippen LogP) is 4.36. The van der Waals surface area contributed by atoms with Gasteiger partial charge in [0, 0.05) is 36.1 Å². The van der Waals surface area contributed by atoms with Gasteiger partial charge in [-0.3, -0.25) is 14.4 Å². The van der Waals surface area contributed by atoms with Gasteiger partial charge in [0.25, 0.3) is 11.8 Å². The molecular formula is C27H33ClN4O4. The van der Waals surface area contributed by atoms with Crippen molar-refractivity contribution in [2.45, 2.75) is 57.1 Å². The van der Waals surface area contributed by atoms with Gasteiger partial charge in [-0.25, -0.2) is 0 Å². The molecule has 4 N–H and O–H groups in total. The molecule has 0 aromatic heterocycles. The monoisotopic (exact) mass is 512 g/mol. The average Bonchev–Trinajstić information content (AvgIpc) is 3.42. The predicted molar refractivity (Wildman–Crippen MR) is 141 cm³/mol. The van der Waals surface area contributed by atoms with Crippen LogP contribution in [0.3, 0.4) is 0 Å². The maximum atomic E-state index is 12.7. The quantitative estimate of drug-likeness (QED) is 0.399. The van der Waals surface area contributed by atoms with Gasteiger partial charge >= 0.3 is 0 Å². The third-order valence-corrected chi connectivity index (χ3v) is 6.88. The minimum absolute atomic E-state index is 0.0246. The Labute approximate surface area is 216 Å². The van der Waals surface area contributed by atoms with E-state index in [4.69, 9.17) is 16.3 Å². The second kappa shape index (κ2) is 12.7. The van der Waals surface area contributed by atoms with E-state index in [1.54, 1.807) is 42.5 Å². The molecule has 2 aliphatic rings. The van der Waals surface area contributed by atoms with E-state index in [0.29, 0.717) is 34.1 Å². The van der Waals surface area contributed by atoms with Crippen LogP contribution in [-0.4, -0.2) is 49.6 Å². The van der Waals surface area contributed by atoms with Crippen molar-refractivity contribution in [3.8, 4) is 0 Å². The Morgan fingerprint density at radius 1 is 0.889 bits per heavy atom. The fraction of sp³-hybridized carbons (Fsp3) is 0.444. The molecule has 0 spiro atoms. The third kappa shape index (κ3) is 7.45. The number of halogens is 1. The number of amides is 3. The van der Waals surface area contributed by atoms with Crippen LogP contribution in [0.4, 0.5) is 11.4 Å². The number of hydrogen-bond donors (Lipinski definition) is 4. The lowest BCUT2D eigenvalue weighted by molar-refractivity contribution is -0.114. The zero-order valence-corrected chi connectivity index (χ0v) is 21.0. The van der Waals surface area contributed by atoms with E-state index in [1.807, 2.05) is 0 Å². The summed E-state index contributed by atoms with van der Waals surface area (Å²) >= 11 is 6.25. The second-order valence-corrected chi connectivity index (χ2v) is 9.73. The van der Waals surface area contributed by atoms with Crippen LogP contribution in [0.2, 0.25) is 5.02 Å². The van der Waals surface area contributed by atoms with Crippen molar-refractivity contribution in [1.82, 2.24) is 10.6 Å². The summed E-state index contributed by atoms with van der Waals surface area (Å²) in [6.07, 6.45) is 7.49. The Hall–Kier alpha value is -3.10. The molecule has 3 amide bonds. The van der Waals surface area contributed by atoms with Crippen LogP contribution in [0.25, 0.3) is 0 Å². The molecule has 1 aliphatic heterocycles. The van der Waals surface area contributed by atoms with Crippen LogP contribution in [0.1, 0.15) is 65.7 Å². The molecule has 1 atom stereocenters. The fourth-order valence-electron chi connectivity index (χ4n) is 4.53. The van der Waals surface area contributed by atoms with Gasteiger partial charge in [-0.15, -0.1) is 0 Å². The zero-order chi connectivity index (χ0) is 25.3. The summed E-state index contributed by atoms with van der Waals surface area (Å²) in [7, 11) is 0. The molecule has 2 aromatic rings. The smallest absolute Gasteiger partial charge is 0.253 e. The topological polar surface area (TPSA) is 109 Å². The summed E-state index contributed by atoms with van der Waals surface area (Å²) in [4.78, 5) is 37.5. The molecule has 1 heterocycles. The summed E-state index contributed by atoms with van der Waals surface area (Å²) in [5, 5.41) is 12.1. The summed E-state index contributed by atoms with van der Waals surface area (Å²) < 4.78 is 5.52. The van der Waals surface area contributed by atoms with Crippen molar-refractivity contribution in [3.05, 3.63) is 58.6 Å². The van der Waals surface area contributed by atoms with Crippen molar-refractivity contribution in [1.29, 1.82) is 0 Å². The van der Waals surface area contributed by atoms with Gasteiger partial charge in [0.05, 0.1) is 23.2 Å². The van der Waals surface area contributed by atoms with E-state index in [2.05, 4.69) is 21.3 Å². The van der Waals surface area contributed by atoms with Crippen LogP contribution in [0.5, 0.6) is 0 Å². The Morgan fingerprint density at radius 3 is 2.36 bits per heavy atom. The fourth-order valence-corrected chi connectivity index (χ4v) is 4.73. The van der Waals surface area contributed by atoms with Crippen LogP contribution in [0.15, 0.2) is 42.5 Å². The molecule has 192 valence electrons. The molecule has 1 unspecified atom stereocenters. The first-order valence-electron chi connectivity index (χ1n) is 12.6. The first-order valence-corrected chi connectivity index (χ1v) is 13.0. The number of carbonyl (C=O) groups is 3. The molecule has 0 radical (unpaired) electrons. The third-order valence-electron chi connectivity index (χ3n) is 6.55. The standard InChI is InChI=1S/C27H33ClN4O4/c28-24-13-12-21(15-23(24)27(35)32-20-5-2-1-3-6-20)31-25(33)17-29-19-10-8-18(9-11-19)26(34)30-16-22-7-4-14-36-22/h8-13,15,20,22,29H,1-7,14,16-17H2,(H,30,34)(H,31,33)(H,32,35). The van der Waals surface area contributed by atoms with Gasteiger partial charge in [-0.05, 0) is 68.1 Å². The number of rotatable bonds is 9. The number of carbonyl (C=O) groups excluding carboxylic acids is 3. The van der Waals surface area contributed by atoms with Gasteiger partial charge in [-0.2, -0.15) is 0 Å². The van der Waals surface area contributed by atoms with E-state index >= 15 is 0 Å². The van der Waals surface area contributed by atoms with Gasteiger partial charge in [0.2, 0.25) is 5.91 Å². The SMILES string of the molecule is O=C(CNc1ccc(C(=O)NCC2CCCO2)cc1)Nc1ccc(Cl)c(C(=O)NC2CCCCC2)c1. The summed E-state index contributed by atoms with van der Waals surface area (Å²) in [5.74, 6) is -0.642. The van der Waals surface area contributed by atoms with Crippen molar-refractivity contribution in [3.63, 3.8) is 0 Å².